The van der Waals surface area contributed by atoms with Gasteiger partial charge in [-0.15, -0.1) is 0 Å². The first-order valence-corrected chi connectivity index (χ1v) is 12.9. The highest BCUT2D eigenvalue weighted by atomic mass is 35.5. The van der Waals surface area contributed by atoms with Gasteiger partial charge in [0.15, 0.2) is 6.29 Å². The maximum atomic E-state index is 11.7. The Labute approximate surface area is 200 Å². The molecule has 0 aliphatic heterocycles. The van der Waals surface area contributed by atoms with E-state index in [1.54, 1.807) is 0 Å². The van der Waals surface area contributed by atoms with Crippen LogP contribution in [0.5, 0.6) is 0 Å². The molecule has 0 radical (unpaired) electrons. The summed E-state index contributed by atoms with van der Waals surface area (Å²) in [5.41, 5.74) is 1.31. The maximum absolute atomic E-state index is 11.7. The van der Waals surface area contributed by atoms with E-state index in [9.17, 15) is 4.79 Å². The van der Waals surface area contributed by atoms with Crippen molar-refractivity contribution < 1.29 is 21.7 Å². The smallest absolute Gasteiger partial charge is 0.177 e. The number of carbonyl (C=O) groups excluding carboxylic acids is 1. The molecule has 1 rings (SSSR count). The fourth-order valence-electron chi connectivity index (χ4n) is 4.48. The third-order valence-electron chi connectivity index (χ3n) is 6.59. The van der Waals surface area contributed by atoms with Gasteiger partial charge in [-0.1, -0.05) is 127 Å². The van der Waals surface area contributed by atoms with E-state index in [0.717, 1.165) is 17.4 Å². The highest BCUT2D eigenvalue weighted by Crippen LogP contribution is 2.19. The Hall–Kier alpha value is -0.860. The van der Waals surface area contributed by atoms with Gasteiger partial charge in [-0.2, -0.15) is 0 Å². The Morgan fingerprint density at radius 2 is 1.13 bits per heavy atom. The summed E-state index contributed by atoms with van der Waals surface area (Å²) in [6.07, 6.45) is 23.0. The molecule has 0 aliphatic rings. The number of halogens is 1. The summed E-state index contributed by atoms with van der Waals surface area (Å²) in [5.74, 6) is 0. The fraction of sp³-hybridized carbons (Fsp3) is 0.750. The Kier molecular flexibility index (Phi) is 19.2. The van der Waals surface area contributed by atoms with E-state index in [4.69, 9.17) is 0 Å². The molecule has 180 valence electrons. The molecule has 0 aliphatic carbocycles. The number of rotatable bonds is 20. The van der Waals surface area contributed by atoms with Crippen LogP contribution in [0.1, 0.15) is 115 Å². The second kappa shape index (κ2) is 19.8. The number of likely N-dealkylation sites (N-methyl/N-ethyl adjacent to an activating group) is 1. The first-order valence-electron chi connectivity index (χ1n) is 12.9. The predicted octanol–water partition coefficient (Wildman–Crippen LogP) is 5.10. The minimum Gasteiger partial charge on any atom is -1.00 e. The molecule has 1 aromatic rings. The first-order chi connectivity index (χ1) is 14.6. The minimum absolute atomic E-state index is 0. The zero-order chi connectivity index (χ0) is 21.9. The number of hydrogen-bond donors (Lipinski definition) is 0. The second-order valence-electron chi connectivity index (χ2n) is 9.86. The number of carbonyl (C=O) groups is 1. The van der Waals surface area contributed by atoms with Crippen LogP contribution >= 0.6 is 0 Å². The number of benzene rings is 1. The van der Waals surface area contributed by atoms with Crippen LogP contribution in [0.15, 0.2) is 30.3 Å². The Balaban J connectivity index is 0.00000900. The van der Waals surface area contributed by atoms with Gasteiger partial charge in [-0.25, -0.2) is 0 Å². The topological polar surface area (TPSA) is 17.1 Å². The highest BCUT2D eigenvalue weighted by Gasteiger charge is 2.27. The number of quaternary nitrogens is 1. The van der Waals surface area contributed by atoms with Crippen molar-refractivity contribution >= 4 is 6.29 Å². The lowest BCUT2D eigenvalue weighted by molar-refractivity contribution is -0.918. The molecule has 1 aromatic carbocycles. The van der Waals surface area contributed by atoms with Gasteiger partial charge in [0.05, 0.1) is 14.1 Å². The molecule has 0 amide bonds. The lowest BCUT2D eigenvalue weighted by Gasteiger charge is -2.35. The van der Waals surface area contributed by atoms with E-state index in [1.807, 2.05) is 0 Å². The third kappa shape index (κ3) is 15.6. The number of unbranched alkanes of at least 4 members (excludes halogenated alkanes) is 14. The molecule has 0 N–H and O–H groups in total. The van der Waals surface area contributed by atoms with Crippen LogP contribution in [-0.2, 0) is 11.3 Å². The van der Waals surface area contributed by atoms with E-state index >= 15 is 0 Å². The van der Waals surface area contributed by atoms with Gasteiger partial charge < -0.3 is 16.9 Å². The van der Waals surface area contributed by atoms with E-state index < -0.39 is 0 Å². The van der Waals surface area contributed by atoms with Crippen molar-refractivity contribution in [3.05, 3.63) is 35.9 Å². The normalized spacial score (nSPS) is 12.4. The summed E-state index contributed by atoms with van der Waals surface area (Å²) in [6.45, 7) is 3.21. The second-order valence-corrected chi connectivity index (χ2v) is 9.86. The van der Waals surface area contributed by atoms with Gasteiger partial charge in [-0.05, 0) is 6.42 Å². The van der Waals surface area contributed by atoms with Crippen LogP contribution in [0.2, 0.25) is 0 Å². The van der Waals surface area contributed by atoms with Crippen molar-refractivity contribution in [2.24, 2.45) is 0 Å². The van der Waals surface area contributed by atoms with E-state index in [1.165, 1.54) is 108 Å². The lowest BCUT2D eigenvalue weighted by Crippen LogP contribution is -3.00. The van der Waals surface area contributed by atoms with Gasteiger partial charge in [-0.3, -0.25) is 4.79 Å². The molecule has 0 spiro atoms. The molecular weight excluding hydrogens is 402 g/mol. The number of hydrogen-bond acceptors (Lipinski definition) is 1. The van der Waals surface area contributed by atoms with E-state index in [2.05, 4.69) is 51.4 Å². The number of aldehydes is 1. The molecule has 3 heteroatoms. The summed E-state index contributed by atoms with van der Waals surface area (Å²) in [7, 11) is 4.38. The third-order valence-corrected chi connectivity index (χ3v) is 6.59. The largest absolute Gasteiger partial charge is 1.00 e. The SMILES string of the molecule is CCCCCCCCCCCCCCCCCC(C=O)[N+](C)(C)Cc1ccccc1.[Cl-]. The first kappa shape index (κ1) is 30.1. The van der Waals surface area contributed by atoms with Crippen LogP contribution < -0.4 is 12.4 Å². The molecule has 0 fully saturated rings. The predicted molar refractivity (Wildman–Crippen MR) is 132 cm³/mol. The summed E-state index contributed by atoms with van der Waals surface area (Å²) >= 11 is 0. The molecular formula is C28H50ClNO. The summed E-state index contributed by atoms with van der Waals surface area (Å²) in [4.78, 5) is 11.7. The van der Waals surface area contributed by atoms with Gasteiger partial charge in [0.25, 0.3) is 0 Å². The van der Waals surface area contributed by atoms with Crippen molar-refractivity contribution in [1.82, 2.24) is 0 Å². The fourth-order valence-corrected chi connectivity index (χ4v) is 4.48. The summed E-state index contributed by atoms with van der Waals surface area (Å²) in [6, 6.07) is 10.6. The summed E-state index contributed by atoms with van der Waals surface area (Å²) in [5, 5.41) is 0. The molecule has 0 bridgehead atoms. The zero-order valence-corrected chi connectivity index (χ0v) is 21.6. The molecule has 31 heavy (non-hydrogen) atoms. The number of nitrogens with zero attached hydrogens (tertiary/aromatic N) is 1. The molecule has 2 nitrogen and oxygen atoms in total. The van der Waals surface area contributed by atoms with E-state index in [0.29, 0.717) is 0 Å². The summed E-state index contributed by atoms with van der Waals surface area (Å²) < 4.78 is 0.756. The van der Waals surface area contributed by atoms with Crippen molar-refractivity contribution in [3.8, 4) is 0 Å². The monoisotopic (exact) mass is 451 g/mol. The van der Waals surface area contributed by atoms with Crippen LogP contribution in [-0.4, -0.2) is 30.9 Å². The van der Waals surface area contributed by atoms with Crippen molar-refractivity contribution in [1.29, 1.82) is 0 Å². The molecule has 0 heterocycles. The Bertz CT molecular complexity index is 517. The Morgan fingerprint density at radius 3 is 1.55 bits per heavy atom. The van der Waals surface area contributed by atoms with E-state index in [-0.39, 0.29) is 18.4 Å². The van der Waals surface area contributed by atoms with Crippen molar-refractivity contribution in [2.75, 3.05) is 14.1 Å². The Morgan fingerprint density at radius 1 is 0.710 bits per heavy atom. The molecule has 0 saturated carbocycles. The maximum Gasteiger partial charge on any atom is 0.177 e. The van der Waals surface area contributed by atoms with Crippen molar-refractivity contribution in [2.45, 2.75) is 122 Å². The van der Waals surface area contributed by atoms with Gasteiger partial charge in [0, 0.05) is 12.0 Å². The van der Waals surface area contributed by atoms with Crippen LogP contribution in [0.25, 0.3) is 0 Å². The molecule has 1 atom stereocenters. The highest BCUT2D eigenvalue weighted by molar-refractivity contribution is 5.55. The zero-order valence-electron chi connectivity index (χ0n) is 20.8. The quantitative estimate of drug-likeness (QED) is 0.153. The van der Waals surface area contributed by atoms with Gasteiger partial charge in [0.1, 0.15) is 12.6 Å². The van der Waals surface area contributed by atoms with Crippen LogP contribution in [0.4, 0.5) is 0 Å². The average molecular weight is 452 g/mol. The standard InChI is InChI=1S/C28H50NO.ClH/c1-4-5-6-7-8-9-10-11-12-13-14-15-16-17-21-24-28(26-30)29(2,3)25-27-22-19-18-20-23-27;/h18-20,22-23,26,28H,4-17,21,24-25H2,1-3H3;1H/q+1;/p-1. The minimum atomic E-state index is 0. The van der Waals surface area contributed by atoms with Crippen molar-refractivity contribution in [3.63, 3.8) is 0 Å². The van der Waals surface area contributed by atoms with Gasteiger partial charge >= 0.3 is 0 Å². The average Bonchev–Trinajstić information content (AvgIpc) is 2.73. The molecule has 1 unspecified atom stereocenters. The van der Waals surface area contributed by atoms with Gasteiger partial charge in [0.2, 0.25) is 0 Å². The molecule has 0 saturated heterocycles. The molecule has 0 aromatic heterocycles. The van der Waals surface area contributed by atoms with Crippen LogP contribution in [0, 0.1) is 0 Å². The lowest BCUT2D eigenvalue weighted by atomic mass is 10.0. The van der Waals surface area contributed by atoms with Crippen LogP contribution in [0.3, 0.4) is 0 Å².